The summed E-state index contributed by atoms with van der Waals surface area (Å²) in [4.78, 5) is 19.1. The maximum Gasteiger partial charge on any atom is 0.410 e. The molecule has 1 unspecified atom stereocenters. The highest BCUT2D eigenvalue weighted by Crippen LogP contribution is 2.30. The molecule has 3 rings (SSSR count). The molecule has 6 nitrogen and oxygen atoms in total. The van der Waals surface area contributed by atoms with E-state index in [1.165, 1.54) is 12.1 Å². The van der Waals surface area contributed by atoms with Crippen molar-refractivity contribution in [1.29, 1.82) is 0 Å². The SMILES string of the molecule is COCCCn1c(C2CCCN(C(=O)OC(C)(C)C)C2)nc2ccc(F)cc21. The van der Waals surface area contributed by atoms with Gasteiger partial charge in [0.1, 0.15) is 17.2 Å². The molecule has 0 saturated carbocycles. The first-order valence-corrected chi connectivity index (χ1v) is 9.91. The van der Waals surface area contributed by atoms with Crippen LogP contribution in [0.3, 0.4) is 0 Å². The van der Waals surface area contributed by atoms with Crippen LogP contribution < -0.4 is 0 Å². The van der Waals surface area contributed by atoms with Crippen LogP contribution in [0.25, 0.3) is 11.0 Å². The molecule has 1 aromatic heterocycles. The van der Waals surface area contributed by atoms with Gasteiger partial charge in [0, 0.05) is 39.3 Å². The minimum Gasteiger partial charge on any atom is -0.444 e. The number of carbonyl (C=O) groups is 1. The summed E-state index contributed by atoms with van der Waals surface area (Å²) in [6.07, 6.45) is 2.35. The average Bonchev–Trinajstić information content (AvgIpc) is 2.99. The lowest BCUT2D eigenvalue weighted by Gasteiger charge is -2.34. The highest BCUT2D eigenvalue weighted by molar-refractivity contribution is 5.76. The number of hydrogen-bond donors (Lipinski definition) is 0. The summed E-state index contributed by atoms with van der Waals surface area (Å²) in [7, 11) is 1.67. The van der Waals surface area contributed by atoms with Crippen molar-refractivity contribution in [2.24, 2.45) is 0 Å². The van der Waals surface area contributed by atoms with Gasteiger partial charge >= 0.3 is 6.09 Å². The standard InChI is InChI=1S/C21H30FN3O3/c1-21(2,3)28-20(26)24-10-5-7-15(14-24)19-23-17-9-8-16(22)13-18(17)25(19)11-6-12-27-4/h8-9,13,15H,5-7,10-12,14H2,1-4H3. The highest BCUT2D eigenvalue weighted by atomic mass is 19.1. The Morgan fingerprint density at radius 3 is 2.86 bits per heavy atom. The van der Waals surface area contributed by atoms with Gasteiger partial charge in [-0.3, -0.25) is 0 Å². The van der Waals surface area contributed by atoms with E-state index in [9.17, 15) is 9.18 Å². The van der Waals surface area contributed by atoms with Crippen molar-refractivity contribution in [3.8, 4) is 0 Å². The Bertz CT molecular complexity index is 828. The largest absolute Gasteiger partial charge is 0.444 e. The maximum atomic E-state index is 13.8. The van der Waals surface area contributed by atoms with E-state index in [0.29, 0.717) is 26.2 Å². The van der Waals surface area contributed by atoms with Crippen molar-refractivity contribution in [3.63, 3.8) is 0 Å². The summed E-state index contributed by atoms with van der Waals surface area (Å²) in [5.41, 5.74) is 1.05. The van der Waals surface area contributed by atoms with Gasteiger partial charge in [0.2, 0.25) is 0 Å². The molecule has 7 heteroatoms. The topological polar surface area (TPSA) is 56.6 Å². The van der Waals surface area contributed by atoms with Crippen LogP contribution in [0.5, 0.6) is 0 Å². The maximum absolute atomic E-state index is 13.8. The Morgan fingerprint density at radius 2 is 2.14 bits per heavy atom. The highest BCUT2D eigenvalue weighted by Gasteiger charge is 2.31. The third kappa shape index (κ3) is 4.82. The fraction of sp³-hybridized carbons (Fsp3) is 0.619. The molecule has 0 spiro atoms. The van der Waals surface area contributed by atoms with E-state index < -0.39 is 5.60 Å². The lowest BCUT2D eigenvalue weighted by atomic mass is 9.97. The number of rotatable bonds is 5. The number of imidazole rings is 1. The quantitative estimate of drug-likeness (QED) is 0.712. The molecule has 1 amide bonds. The fourth-order valence-electron chi connectivity index (χ4n) is 3.71. The number of hydrogen-bond acceptors (Lipinski definition) is 4. The first kappa shape index (κ1) is 20.6. The van der Waals surface area contributed by atoms with E-state index in [1.807, 2.05) is 20.8 Å². The molecule has 1 aromatic carbocycles. The van der Waals surface area contributed by atoms with Crippen molar-refractivity contribution >= 4 is 17.1 Å². The van der Waals surface area contributed by atoms with Gasteiger partial charge in [-0.15, -0.1) is 0 Å². The lowest BCUT2D eigenvalue weighted by Crippen LogP contribution is -2.42. The molecule has 2 aromatic rings. The number of piperidine rings is 1. The van der Waals surface area contributed by atoms with Gasteiger partial charge < -0.3 is 18.9 Å². The van der Waals surface area contributed by atoms with E-state index in [0.717, 1.165) is 36.1 Å². The monoisotopic (exact) mass is 391 g/mol. The molecule has 154 valence electrons. The molecule has 28 heavy (non-hydrogen) atoms. The zero-order valence-corrected chi connectivity index (χ0v) is 17.2. The van der Waals surface area contributed by atoms with Crippen LogP contribution in [0.15, 0.2) is 18.2 Å². The summed E-state index contributed by atoms with van der Waals surface area (Å²) in [5.74, 6) is 0.732. The molecule has 1 aliphatic rings. The van der Waals surface area contributed by atoms with Gasteiger partial charge in [-0.2, -0.15) is 0 Å². The third-order valence-corrected chi connectivity index (χ3v) is 4.91. The number of carbonyl (C=O) groups excluding carboxylic acids is 1. The number of nitrogens with zero attached hydrogens (tertiary/aromatic N) is 3. The summed E-state index contributed by atoms with van der Waals surface area (Å²) in [5, 5.41) is 0. The zero-order valence-electron chi connectivity index (χ0n) is 17.2. The molecule has 0 aliphatic carbocycles. The second kappa shape index (κ2) is 8.47. The van der Waals surface area contributed by atoms with Crippen LogP contribution >= 0.6 is 0 Å². The number of amides is 1. The molecule has 0 radical (unpaired) electrons. The Kier molecular flexibility index (Phi) is 6.23. The van der Waals surface area contributed by atoms with E-state index in [1.54, 1.807) is 18.1 Å². The van der Waals surface area contributed by atoms with Gasteiger partial charge in [0.05, 0.1) is 11.0 Å². The van der Waals surface area contributed by atoms with E-state index in [4.69, 9.17) is 14.5 Å². The Hall–Kier alpha value is -2.15. The smallest absolute Gasteiger partial charge is 0.410 e. The van der Waals surface area contributed by atoms with Crippen LogP contribution in [0.4, 0.5) is 9.18 Å². The summed E-state index contributed by atoms with van der Waals surface area (Å²) < 4.78 is 26.6. The molecule has 0 N–H and O–H groups in total. The van der Waals surface area contributed by atoms with E-state index >= 15 is 0 Å². The molecule has 0 bridgehead atoms. The zero-order chi connectivity index (χ0) is 20.3. The number of halogens is 1. The normalized spacial score (nSPS) is 17.9. The van der Waals surface area contributed by atoms with Crippen molar-refractivity contribution in [3.05, 3.63) is 29.8 Å². The minimum absolute atomic E-state index is 0.0966. The molecule has 1 fully saturated rings. The van der Waals surface area contributed by atoms with Crippen LogP contribution in [-0.2, 0) is 16.0 Å². The predicted molar refractivity (Wildman–Crippen MR) is 106 cm³/mol. The molecule has 2 heterocycles. The second-order valence-electron chi connectivity index (χ2n) is 8.37. The molecule has 1 saturated heterocycles. The molecule has 1 atom stereocenters. The minimum atomic E-state index is -0.519. The number of fused-ring (bicyclic) bond motifs is 1. The fourth-order valence-corrected chi connectivity index (χ4v) is 3.71. The molecular formula is C21H30FN3O3. The lowest BCUT2D eigenvalue weighted by molar-refractivity contribution is 0.0195. The molecule has 1 aliphatic heterocycles. The number of benzene rings is 1. The number of aryl methyl sites for hydroxylation is 1. The van der Waals surface area contributed by atoms with Gasteiger partial charge in [0.15, 0.2) is 0 Å². The first-order chi connectivity index (χ1) is 13.3. The summed E-state index contributed by atoms with van der Waals surface area (Å²) in [6.45, 7) is 8.19. The van der Waals surface area contributed by atoms with Crippen LogP contribution in [-0.4, -0.2) is 53.0 Å². The van der Waals surface area contributed by atoms with Gasteiger partial charge in [-0.1, -0.05) is 0 Å². The number of likely N-dealkylation sites (tertiary alicyclic amines) is 1. The van der Waals surface area contributed by atoms with Crippen molar-refractivity contribution in [2.45, 2.75) is 58.1 Å². The number of methoxy groups -OCH3 is 1. The summed E-state index contributed by atoms with van der Waals surface area (Å²) in [6, 6.07) is 4.69. The Balaban J connectivity index is 1.86. The predicted octanol–water partition coefficient (Wildman–Crippen LogP) is 4.33. The number of aromatic nitrogens is 2. The van der Waals surface area contributed by atoms with Gasteiger partial charge in [-0.25, -0.2) is 14.2 Å². The average molecular weight is 391 g/mol. The Labute approximate surface area is 165 Å². The van der Waals surface area contributed by atoms with Crippen LogP contribution in [0, 0.1) is 5.82 Å². The van der Waals surface area contributed by atoms with Crippen LogP contribution in [0.1, 0.15) is 51.8 Å². The van der Waals surface area contributed by atoms with Crippen molar-refractivity contribution < 1.29 is 18.7 Å². The number of ether oxygens (including phenoxy) is 2. The van der Waals surface area contributed by atoms with E-state index in [2.05, 4.69) is 4.57 Å². The second-order valence-corrected chi connectivity index (χ2v) is 8.37. The molecular weight excluding hydrogens is 361 g/mol. The summed E-state index contributed by atoms with van der Waals surface area (Å²) >= 11 is 0. The first-order valence-electron chi connectivity index (χ1n) is 9.91. The Morgan fingerprint density at radius 1 is 1.36 bits per heavy atom. The third-order valence-electron chi connectivity index (χ3n) is 4.91. The van der Waals surface area contributed by atoms with Crippen LogP contribution in [0.2, 0.25) is 0 Å². The van der Waals surface area contributed by atoms with Crippen molar-refractivity contribution in [1.82, 2.24) is 14.5 Å². The van der Waals surface area contributed by atoms with Gasteiger partial charge in [0.25, 0.3) is 0 Å². The van der Waals surface area contributed by atoms with Crippen molar-refractivity contribution in [2.75, 3.05) is 26.8 Å². The van der Waals surface area contributed by atoms with Gasteiger partial charge in [-0.05, 0) is 58.2 Å². The van der Waals surface area contributed by atoms with E-state index in [-0.39, 0.29) is 17.8 Å².